The van der Waals surface area contributed by atoms with Crippen LogP contribution in [0.2, 0.25) is 0 Å². The van der Waals surface area contributed by atoms with Gasteiger partial charge in [-0.25, -0.2) is 18.2 Å². The molecule has 15 nitrogen and oxygen atoms in total. The third-order valence-corrected chi connectivity index (χ3v) is 10.4. The van der Waals surface area contributed by atoms with E-state index in [1.165, 1.54) is 14.2 Å². The van der Waals surface area contributed by atoms with Crippen LogP contribution in [0.3, 0.4) is 0 Å². The number of carbonyl (C=O) groups excluding carboxylic acids is 2. The normalized spacial score (nSPS) is 14.6. The Labute approximate surface area is 345 Å². The van der Waals surface area contributed by atoms with E-state index in [0.29, 0.717) is 58.3 Å². The summed E-state index contributed by atoms with van der Waals surface area (Å²) < 4.78 is 44.4. The van der Waals surface area contributed by atoms with Gasteiger partial charge in [0.2, 0.25) is 10.0 Å². The quantitative estimate of drug-likeness (QED) is 0.0670. The minimum Gasteiger partial charge on any atom is -0.496 e. The van der Waals surface area contributed by atoms with E-state index in [0.717, 1.165) is 48.8 Å². The second-order valence-corrected chi connectivity index (χ2v) is 17.1. The molecule has 1 unspecified atom stereocenters. The van der Waals surface area contributed by atoms with Crippen LogP contribution in [0.5, 0.6) is 23.0 Å². The van der Waals surface area contributed by atoms with Crippen molar-refractivity contribution in [1.82, 2.24) is 20.5 Å². The van der Waals surface area contributed by atoms with E-state index in [1.54, 1.807) is 60.8 Å². The summed E-state index contributed by atoms with van der Waals surface area (Å²) >= 11 is 0. The molecule has 1 fully saturated rings. The molecule has 5 aromatic rings. The Morgan fingerprint density at radius 3 is 2.36 bits per heavy atom. The zero-order chi connectivity index (χ0) is 42.3. The number of pyridine rings is 1. The Balaban J connectivity index is 1.15. The van der Waals surface area contributed by atoms with Crippen molar-refractivity contribution >= 4 is 61.3 Å². The lowest BCUT2D eigenvalue weighted by Gasteiger charge is -2.33. The molecule has 0 bridgehead atoms. The van der Waals surface area contributed by atoms with Gasteiger partial charge in [-0.1, -0.05) is 45.0 Å². The highest BCUT2D eigenvalue weighted by Crippen LogP contribution is 2.40. The third kappa shape index (κ3) is 10.9. The molecule has 1 atom stereocenters. The molecule has 4 aromatic carbocycles. The van der Waals surface area contributed by atoms with Crippen LogP contribution < -0.4 is 45.5 Å². The highest BCUT2D eigenvalue weighted by atomic mass is 32.2. The number of hydrogen-bond acceptors (Lipinski definition) is 11. The van der Waals surface area contributed by atoms with Gasteiger partial charge in [0.05, 0.1) is 43.1 Å². The Morgan fingerprint density at radius 1 is 0.898 bits per heavy atom. The van der Waals surface area contributed by atoms with Gasteiger partial charge in [-0.3, -0.25) is 14.4 Å². The number of carbonyl (C=O) groups is 2. The molecule has 16 heteroatoms. The minimum absolute atomic E-state index is 0.170. The van der Waals surface area contributed by atoms with Gasteiger partial charge < -0.3 is 40.8 Å². The minimum atomic E-state index is -3.64. The zero-order valence-electron chi connectivity index (χ0n) is 34.4. The van der Waals surface area contributed by atoms with Gasteiger partial charge >= 0.3 is 6.03 Å². The monoisotopic (exact) mass is 824 g/mol. The highest BCUT2D eigenvalue weighted by molar-refractivity contribution is 7.92. The summed E-state index contributed by atoms with van der Waals surface area (Å²) in [6.45, 7) is 12.3. The van der Waals surface area contributed by atoms with Crippen molar-refractivity contribution in [3.05, 3.63) is 96.2 Å². The van der Waals surface area contributed by atoms with Crippen molar-refractivity contribution in [3.8, 4) is 23.0 Å². The van der Waals surface area contributed by atoms with Crippen molar-refractivity contribution in [1.29, 1.82) is 0 Å². The van der Waals surface area contributed by atoms with Gasteiger partial charge in [0.15, 0.2) is 5.75 Å². The maximum absolute atomic E-state index is 13.5. The number of aromatic nitrogens is 1. The van der Waals surface area contributed by atoms with Crippen molar-refractivity contribution in [3.63, 3.8) is 0 Å². The fourth-order valence-corrected chi connectivity index (χ4v) is 7.34. The number of benzene rings is 4. The molecule has 0 aliphatic carbocycles. The molecule has 6 rings (SSSR count). The first-order valence-electron chi connectivity index (χ1n) is 19.2. The first-order valence-corrected chi connectivity index (χ1v) is 21.1. The van der Waals surface area contributed by atoms with E-state index in [-0.39, 0.29) is 22.8 Å². The zero-order valence-corrected chi connectivity index (χ0v) is 35.2. The maximum atomic E-state index is 13.5. The van der Waals surface area contributed by atoms with E-state index in [4.69, 9.17) is 14.2 Å². The van der Waals surface area contributed by atoms with E-state index in [1.807, 2.05) is 45.0 Å². The fourth-order valence-electron chi connectivity index (χ4n) is 6.79. The lowest BCUT2D eigenvalue weighted by Crippen LogP contribution is -2.51. The van der Waals surface area contributed by atoms with Crippen molar-refractivity contribution < 1.29 is 32.2 Å². The second-order valence-electron chi connectivity index (χ2n) is 15.3. The molecule has 0 radical (unpaired) electrons. The number of piperazine rings is 1. The molecule has 1 aliphatic heterocycles. The number of rotatable bonds is 14. The summed E-state index contributed by atoms with van der Waals surface area (Å²) in [5.74, 6) is 1.95. The molecule has 0 saturated carbocycles. The van der Waals surface area contributed by atoms with Crippen molar-refractivity contribution in [2.24, 2.45) is 0 Å². The lowest BCUT2D eigenvalue weighted by atomic mass is 9.86. The maximum Gasteiger partial charge on any atom is 0.323 e. The lowest BCUT2D eigenvalue weighted by molar-refractivity contribution is 0.0938. The average molecular weight is 825 g/mol. The van der Waals surface area contributed by atoms with Crippen LogP contribution in [0.1, 0.15) is 43.6 Å². The third-order valence-electron chi connectivity index (χ3n) is 9.84. The summed E-state index contributed by atoms with van der Waals surface area (Å²) in [5, 5.41) is 16.9. The van der Waals surface area contributed by atoms with E-state index >= 15 is 0 Å². The summed E-state index contributed by atoms with van der Waals surface area (Å²) in [4.78, 5) is 33.4. The average Bonchev–Trinajstić information content (AvgIpc) is 3.18. The van der Waals surface area contributed by atoms with Crippen LogP contribution in [0.25, 0.3) is 10.8 Å². The number of nitrogens with one attached hydrogen (secondary N) is 6. The second kappa shape index (κ2) is 18.2. The van der Waals surface area contributed by atoms with Crippen LogP contribution in [0.15, 0.2) is 85.1 Å². The SMILES string of the molecule is COc1cc(Nc2cc(Oc3ccc(NC(=O)Nc4cc(C(C)(C)C)cc(NS(C)(=O)=O)c4OC)c4ccccc34)ccn2)ccc1C(=O)NCCN1CCNCC1C. The molecule has 6 N–H and O–H groups in total. The van der Waals surface area contributed by atoms with Gasteiger partial charge in [-0.05, 0) is 60.4 Å². The van der Waals surface area contributed by atoms with Crippen LogP contribution in [-0.4, -0.2) is 89.5 Å². The van der Waals surface area contributed by atoms with Crippen molar-refractivity contribution in [2.45, 2.75) is 39.2 Å². The van der Waals surface area contributed by atoms with Gasteiger partial charge in [0.1, 0.15) is 23.1 Å². The first-order chi connectivity index (χ1) is 28.1. The topological polar surface area (TPSA) is 184 Å². The van der Waals surface area contributed by atoms with Crippen LogP contribution >= 0.6 is 0 Å². The predicted molar refractivity (Wildman–Crippen MR) is 234 cm³/mol. The molecule has 1 saturated heterocycles. The van der Waals surface area contributed by atoms with Gasteiger partial charge in [-0.2, -0.15) is 0 Å². The van der Waals surface area contributed by atoms with Crippen LogP contribution in [0.4, 0.5) is 33.4 Å². The van der Waals surface area contributed by atoms with E-state index in [9.17, 15) is 18.0 Å². The molecule has 1 aliphatic rings. The number of ether oxygens (including phenoxy) is 3. The number of urea groups is 1. The molecule has 2 heterocycles. The summed E-state index contributed by atoms with van der Waals surface area (Å²) in [6, 6.07) is 23.1. The van der Waals surface area contributed by atoms with Gasteiger partial charge in [0.25, 0.3) is 5.91 Å². The largest absolute Gasteiger partial charge is 0.496 e. The number of fused-ring (bicyclic) bond motifs is 1. The number of amides is 3. The fraction of sp³-hybridized carbons (Fsp3) is 0.326. The van der Waals surface area contributed by atoms with Crippen LogP contribution in [0, 0.1) is 0 Å². The first kappa shape index (κ1) is 42.5. The molecular formula is C43H52N8O7S. The van der Waals surface area contributed by atoms with E-state index in [2.05, 4.69) is 48.1 Å². The van der Waals surface area contributed by atoms with E-state index < -0.39 is 16.1 Å². The summed E-state index contributed by atoms with van der Waals surface area (Å²) in [7, 11) is -0.706. The highest BCUT2D eigenvalue weighted by Gasteiger charge is 2.23. The van der Waals surface area contributed by atoms with Crippen LogP contribution in [-0.2, 0) is 15.4 Å². The molecule has 1 aromatic heterocycles. The predicted octanol–water partition coefficient (Wildman–Crippen LogP) is 7.12. The smallest absolute Gasteiger partial charge is 0.323 e. The number of sulfonamides is 1. The standard InChI is InChI=1S/C43H52N8O7S/c1-27-26-44-18-20-51(27)21-19-46-41(52)33-13-12-29(24-38(33)56-5)47-39-25-30(16-17-45-39)58-37-15-14-34(31-10-8-9-11-32(31)37)48-42(53)49-35-22-28(43(2,3)4)23-36(40(35)57-6)50-59(7,54)55/h8-17,22-25,27,44,50H,18-21,26H2,1-7H3,(H,45,47)(H,46,52)(H2,48,49,53). The molecular weight excluding hydrogens is 773 g/mol. The Morgan fingerprint density at radius 2 is 1.64 bits per heavy atom. The number of nitrogens with zero attached hydrogens (tertiary/aromatic N) is 2. The summed E-state index contributed by atoms with van der Waals surface area (Å²) in [6.07, 6.45) is 2.68. The molecule has 59 heavy (non-hydrogen) atoms. The molecule has 3 amide bonds. The van der Waals surface area contributed by atoms with Crippen molar-refractivity contribution in [2.75, 3.05) is 73.9 Å². The van der Waals surface area contributed by atoms with Gasteiger partial charge in [-0.15, -0.1) is 0 Å². The number of anilines is 5. The van der Waals surface area contributed by atoms with Gasteiger partial charge in [0, 0.05) is 73.6 Å². The molecule has 0 spiro atoms. The Bertz CT molecular complexity index is 2440. The summed E-state index contributed by atoms with van der Waals surface area (Å²) in [5.41, 5.74) is 2.54. The number of hydrogen-bond donors (Lipinski definition) is 6. The Kier molecular flexibility index (Phi) is 13.1. The Hall–Kier alpha value is -6.10. The number of methoxy groups -OCH3 is 2. The molecule has 312 valence electrons.